The third-order valence-corrected chi connectivity index (χ3v) is 3.99. The van der Waals surface area contributed by atoms with Crippen LogP contribution in [-0.4, -0.2) is 30.1 Å². The van der Waals surface area contributed by atoms with E-state index >= 15 is 0 Å². The molecule has 0 spiro atoms. The third-order valence-electron chi connectivity index (χ3n) is 3.99. The Hall–Kier alpha value is -1.00. The molecule has 1 N–H and O–H groups in total. The molecule has 1 fully saturated rings. The molecule has 2 nitrogen and oxygen atoms in total. The number of hydrogen-bond donors (Lipinski definition) is 1. The Morgan fingerprint density at radius 2 is 2.00 bits per heavy atom. The molecule has 0 bridgehead atoms. The van der Waals surface area contributed by atoms with Gasteiger partial charge in [0.1, 0.15) is 11.6 Å². The smallest absolute Gasteiger partial charge is 0.127 e. The van der Waals surface area contributed by atoms with E-state index in [0.29, 0.717) is 24.2 Å². The lowest BCUT2D eigenvalue weighted by atomic mass is 9.83. The van der Waals surface area contributed by atoms with Crippen molar-refractivity contribution in [2.75, 3.05) is 13.1 Å². The monoisotopic (exact) mass is 282 g/mol. The maximum Gasteiger partial charge on any atom is 0.127 e. The lowest BCUT2D eigenvalue weighted by Gasteiger charge is -2.46. The first-order valence-corrected chi connectivity index (χ1v) is 7.18. The van der Waals surface area contributed by atoms with Crippen LogP contribution >= 0.6 is 0 Å². The Bertz CT molecular complexity index is 468. The average molecular weight is 282 g/mol. The number of nitrogens with one attached hydrogen (secondary N) is 1. The minimum Gasteiger partial charge on any atom is -0.311 e. The van der Waals surface area contributed by atoms with E-state index < -0.39 is 0 Å². The Balaban J connectivity index is 2.21. The van der Waals surface area contributed by atoms with Crippen LogP contribution in [0, 0.1) is 17.0 Å². The highest BCUT2D eigenvalue weighted by Gasteiger charge is 2.34. The summed E-state index contributed by atoms with van der Waals surface area (Å²) < 4.78 is 27.1. The van der Waals surface area contributed by atoms with Gasteiger partial charge in [0.05, 0.1) is 0 Å². The quantitative estimate of drug-likeness (QED) is 0.896. The number of piperazine rings is 1. The highest BCUT2D eigenvalue weighted by atomic mass is 19.1. The first-order chi connectivity index (χ1) is 9.27. The minimum absolute atomic E-state index is 0.0942. The average Bonchev–Trinajstić information content (AvgIpc) is 2.32. The molecular formula is C16H24F2N2. The predicted octanol–water partition coefficient (Wildman–Crippen LogP) is 3.17. The number of benzene rings is 1. The Morgan fingerprint density at radius 1 is 1.30 bits per heavy atom. The lowest BCUT2D eigenvalue weighted by Crippen LogP contribution is -2.59. The molecule has 1 heterocycles. The zero-order valence-electron chi connectivity index (χ0n) is 12.7. The van der Waals surface area contributed by atoms with Gasteiger partial charge in [-0.05, 0) is 30.5 Å². The second kappa shape index (κ2) is 5.78. The summed E-state index contributed by atoms with van der Waals surface area (Å²) in [5.74, 6) is -0.706. The van der Waals surface area contributed by atoms with Gasteiger partial charge < -0.3 is 5.32 Å². The minimum atomic E-state index is -0.378. The fraction of sp³-hybridized carbons (Fsp3) is 0.625. The van der Waals surface area contributed by atoms with Gasteiger partial charge in [-0.25, -0.2) is 8.78 Å². The van der Waals surface area contributed by atoms with Crippen LogP contribution in [0.3, 0.4) is 0 Å². The fourth-order valence-electron chi connectivity index (χ4n) is 2.90. The van der Waals surface area contributed by atoms with E-state index in [9.17, 15) is 8.78 Å². The molecule has 1 aliphatic heterocycles. The molecule has 20 heavy (non-hydrogen) atoms. The number of nitrogens with zero attached hydrogens (tertiary/aromatic N) is 1. The maximum absolute atomic E-state index is 13.8. The summed E-state index contributed by atoms with van der Waals surface area (Å²) in [6.07, 6.45) is 0. The molecule has 1 saturated heterocycles. The molecule has 1 aromatic rings. The Morgan fingerprint density at radius 3 is 2.65 bits per heavy atom. The van der Waals surface area contributed by atoms with Gasteiger partial charge in [-0.1, -0.05) is 20.8 Å². The number of halogens is 2. The van der Waals surface area contributed by atoms with Crippen molar-refractivity contribution in [1.82, 2.24) is 10.2 Å². The molecule has 0 aliphatic carbocycles. The van der Waals surface area contributed by atoms with Crippen molar-refractivity contribution in [2.24, 2.45) is 5.41 Å². The van der Waals surface area contributed by atoms with Crippen LogP contribution in [0.2, 0.25) is 0 Å². The highest BCUT2D eigenvalue weighted by Crippen LogP contribution is 2.28. The predicted molar refractivity (Wildman–Crippen MR) is 77.5 cm³/mol. The Kier molecular flexibility index (Phi) is 4.45. The van der Waals surface area contributed by atoms with Crippen LogP contribution < -0.4 is 5.32 Å². The van der Waals surface area contributed by atoms with Crippen LogP contribution in [0.1, 0.15) is 33.3 Å². The van der Waals surface area contributed by atoms with E-state index in [1.54, 1.807) is 0 Å². The number of rotatable bonds is 2. The lowest BCUT2D eigenvalue weighted by molar-refractivity contribution is 0.0517. The Labute approximate surface area is 120 Å². The highest BCUT2D eigenvalue weighted by molar-refractivity contribution is 5.19. The molecule has 0 amide bonds. The SMILES string of the molecule is CC1CN(Cc2cc(F)ccc2F)C(C(C)(C)C)CN1. The van der Waals surface area contributed by atoms with Gasteiger partial charge in [-0.2, -0.15) is 0 Å². The van der Waals surface area contributed by atoms with Gasteiger partial charge in [0.2, 0.25) is 0 Å². The van der Waals surface area contributed by atoms with Crippen LogP contribution in [0.25, 0.3) is 0 Å². The molecule has 0 radical (unpaired) electrons. The molecule has 112 valence electrons. The summed E-state index contributed by atoms with van der Waals surface area (Å²) in [4.78, 5) is 2.26. The normalized spacial score (nSPS) is 24.9. The summed E-state index contributed by atoms with van der Waals surface area (Å²) in [5.41, 5.74) is 0.532. The molecule has 4 heteroatoms. The summed E-state index contributed by atoms with van der Waals surface area (Å²) in [7, 11) is 0. The van der Waals surface area contributed by atoms with Crippen molar-refractivity contribution in [2.45, 2.75) is 46.3 Å². The molecular weight excluding hydrogens is 258 g/mol. The maximum atomic E-state index is 13.8. The zero-order chi connectivity index (χ0) is 14.9. The zero-order valence-corrected chi connectivity index (χ0v) is 12.7. The summed E-state index contributed by atoms with van der Waals surface area (Å²) in [6, 6.07) is 4.36. The first kappa shape index (κ1) is 15.4. The van der Waals surface area contributed by atoms with Gasteiger partial charge in [-0.15, -0.1) is 0 Å². The number of hydrogen-bond acceptors (Lipinski definition) is 2. The third kappa shape index (κ3) is 3.55. The van der Waals surface area contributed by atoms with Gasteiger partial charge >= 0.3 is 0 Å². The fourth-order valence-corrected chi connectivity index (χ4v) is 2.90. The van der Waals surface area contributed by atoms with Crippen molar-refractivity contribution >= 4 is 0 Å². The van der Waals surface area contributed by atoms with E-state index in [1.165, 1.54) is 18.2 Å². The second-order valence-electron chi connectivity index (χ2n) is 6.86. The van der Waals surface area contributed by atoms with Crippen molar-refractivity contribution in [3.8, 4) is 0 Å². The van der Waals surface area contributed by atoms with Crippen LogP contribution in [0.4, 0.5) is 8.78 Å². The van der Waals surface area contributed by atoms with E-state index in [-0.39, 0.29) is 17.0 Å². The summed E-state index contributed by atoms with van der Waals surface area (Å²) in [6.45, 7) is 10.9. The van der Waals surface area contributed by atoms with Crippen LogP contribution in [-0.2, 0) is 6.54 Å². The van der Waals surface area contributed by atoms with Crippen LogP contribution in [0.5, 0.6) is 0 Å². The van der Waals surface area contributed by atoms with Crippen LogP contribution in [0.15, 0.2) is 18.2 Å². The largest absolute Gasteiger partial charge is 0.311 e. The molecule has 0 aromatic heterocycles. The van der Waals surface area contributed by atoms with E-state index in [4.69, 9.17) is 0 Å². The standard InChI is InChI=1S/C16H24F2N2/c1-11-9-20(15(8-19-11)16(2,3)4)10-12-7-13(17)5-6-14(12)18/h5-7,11,15,19H,8-10H2,1-4H3. The molecule has 0 saturated carbocycles. The van der Waals surface area contributed by atoms with Gasteiger partial charge in [0.15, 0.2) is 0 Å². The van der Waals surface area contributed by atoms with Gasteiger partial charge in [-0.3, -0.25) is 4.90 Å². The molecule has 1 aromatic carbocycles. The van der Waals surface area contributed by atoms with Gasteiger partial charge in [0, 0.05) is 37.3 Å². The van der Waals surface area contributed by atoms with Crippen molar-refractivity contribution < 1.29 is 8.78 Å². The van der Waals surface area contributed by atoms with E-state index in [2.05, 4.69) is 37.9 Å². The molecule has 2 unspecified atom stereocenters. The van der Waals surface area contributed by atoms with Crippen molar-refractivity contribution in [1.29, 1.82) is 0 Å². The summed E-state index contributed by atoms with van der Waals surface area (Å²) in [5, 5.41) is 3.47. The van der Waals surface area contributed by atoms with E-state index in [1.807, 2.05) is 0 Å². The summed E-state index contributed by atoms with van der Waals surface area (Å²) >= 11 is 0. The van der Waals surface area contributed by atoms with E-state index in [0.717, 1.165) is 13.1 Å². The first-order valence-electron chi connectivity index (χ1n) is 7.18. The molecule has 1 aliphatic rings. The molecule has 2 rings (SSSR count). The van der Waals surface area contributed by atoms with Crippen molar-refractivity contribution in [3.63, 3.8) is 0 Å². The van der Waals surface area contributed by atoms with Crippen molar-refractivity contribution in [3.05, 3.63) is 35.4 Å². The topological polar surface area (TPSA) is 15.3 Å². The second-order valence-corrected chi connectivity index (χ2v) is 6.86. The molecule has 2 atom stereocenters. The van der Waals surface area contributed by atoms with Gasteiger partial charge in [0.25, 0.3) is 0 Å².